The number of likely N-dealkylation sites (tertiary alicyclic amines) is 1. The minimum Gasteiger partial charge on any atom is -0.378 e. The highest BCUT2D eigenvalue weighted by molar-refractivity contribution is 9.10. The van der Waals surface area contributed by atoms with E-state index in [9.17, 15) is 0 Å². The molecule has 0 aliphatic carbocycles. The number of hydrogen-bond acceptors (Lipinski definition) is 3. The van der Waals surface area contributed by atoms with Gasteiger partial charge in [0.1, 0.15) is 0 Å². The third kappa shape index (κ3) is 2.71. The normalized spacial score (nSPS) is 20.8. The number of benzene rings is 1. The average Bonchev–Trinajstić information content (AvgIpc) is 2.35. The quantitative estimate of drug-likeness (QED) is 0.853. The summed E-state index contributed by atoms with van der Waals surface area (Å²) in [6.07, 6.45) is 1.35. The Morgan fingerprint density at radius 2 is 1.89 bits per heavy atom. The second-order valence-electron chi connectivity index (χ2n) is 5.00. The molecule has 0 aromatic heterocycles. The topological polar surface area (TPSA) is 15.7 Å². The van der Waals surface area contributed by atoms with Crippen LogP contribution in [0.25, 0.3) is 0 Å². The van der Waals surface area contributed by atoms with Crippen molar-refractivity contribution in [3.63, 3.8) is 0 Å². The van der Waals surface area contributed by atoms with Gasteiger partial charge in [0, 0.05) is 29.8 Å². The molecule has 1 aromatic rings. The summed E-state index contributed by atoms with van der Waals surface area (Å²) >= 11 is 3.59. The highest BCUT2D eigenvalue weighted by atomic mass is 79.9. The second kappa shape index (κ2) is 5.59. The van der Waals surface area contributed by atoms with Crippen LogP contribution in [0, 0.1) is 0 Å². The standard InChI is InChI=1S/C14H19BrN2O/c15-13-2-3-14(17-6-8-18-9-7-17)12(10-13)11-16-4-1-5-16/h2-3,10H,1,4-9,11H2. The number of ether oxygens (including phenoxy) is 1. The maximum atomic E-state index is 5.44. The number of halogens is 1. The minimum atomic E-state index is 0.846. The van der Waals surface area contributed by atoms with E-state index in [0.29, 0.717) is 0 Å². The lowest BCUT2D eigenvalue weighted by Crippen LogP contribution is -2.39. The Balaban J connectivity index is 1.81. The fourth-order valence-electron chi connectivity index (χ4n) is 2.57. The molecule has 0 N–H and O–H groups in total. The summed E-state index contributed by atoms with van der Waals surface area (Å²) in [5.74, 6) is 0. The molecule has 0 atom stereocenters. The summed E-state index contributed by atoms with van der Waals surface area (Å²) in [4.78, 5) is 4.96. The Morgan fingerprint density at radius 3 is 2.56 bits per heavy atom. The molecule has 98 valence electrons. The van der Waals surface area contributed by atoms with Crippen LogP contribution in [-0.2, 0) is 11.3 Å². The van der Waals surface area contributed by atoms with Crippen molar-refractivity contribution in [3.8, 4) is 0 Å². The first-order chi connectivity index (χ1) is 8.83. The third-order valence-electron chi connectivity index (χ3n) is 3.74. The van der Waals surface area contributed by atoms with Crippen molar-refractivity contribution in [3.05, 3.63) is 28.2 Å². The molecule has 2 aliphatic rings. The summed E-state index contributed by atoms with van der Waals surface area (Å²) in [5, 5.41) is 0. The molecule has 0 bridgehead atoms. The molecular weight excluding hydrogens is 292 g/mol. The highest BCUT2D eigenvalue weighted by Crippen LogP contribution is 2.27. The zero-order chi connectivity index (χ0) is 12.4. The predicted molar refractivity (Wildman–Crippen MR) is 77.1 cm³/mol. The summed E-state index contributed by atoms with van der Waals surface area (Å²) in [6.45, 7) is 7.28. The van der Waals surface area contributed by atoms with E-state index in [2.05, 4.69) is 43.9 Å². The van der Waals surface area contributed by atoms with Crippen LogP contribution in [0.1, 0.15) is 12.0 Å². The van der Waals surface area contributed by atoms with Gasteiger partial charge >= 0.3 is 0 Å². The molecular formula is C14H19BrN2O. The van der Waals surface area contributed by atoms with Crippen LogP contribution in [-0.4, -0.2) is 44.3 Å². The van der Waals surface area contributed by atoms with Crippen molar-refractivity contribution in [1.29, 1.82) is 0 Å². The number of anilines is 1. The molecule has 0 spiro atoms. The highest BCUT2D eigenvalue weighted by Gasteiger charge is 2.19. The van der Waals surface area contributed by atoms with Crippen LogP contribution in [0.5, 0.6) is 0 Å². The molecule has 0 amide bonds. The van der Waals surface area contributed by atoms with Gasteiger partial charge in [-0.05, 0) is 43.3 Å². The Hall–Kier alpha value is -0.580. The SMILES string of the molecule is Brc1ccc(N2CCOCC2)c(CN2CCC2)c1. The maximum Gasteiger partial charge on any atom is 0.0642 e. The van der Waals surface area contributed by atoms with Crippen LogP contribution < -0.4 is 4.90 Å². The van der Waals surface area contributed by atoms with Crippen LogP contribution in [0.2, 0.25) is 0 Å². The molecule has 3 nitrogen and oxygen atoms in total. The second-order valence-corrected chi connectivity index (χ2v) is 5.92. The van der Waals surface area contributed by atoms with E-state index >= 15 is 0 Å². The number of rotatable bonds is 3. The van der Waals surface area contributed by atoms with Gasteiger partial charge in [-0.2, -0.15) is 0 Å². The van der Waals surface area contributed by atoms with Crippen molar-refractivity contribution in [2.24, 2.45) is 0 Å². The molecule has 0 radical (unpaired) electrons. The van der Waals surface area contributed by atoms with Crippen LogP contribution in [0.15, 0.2) is 22.7 Å². The minimum absolute atomic E-state index is 0.846. The van der Waals surface area contributed by atoms with Gasteiger partial charge in [0.15, 0.2) is 0 Å². The molecule has 18 heavy (non-hydrogen) atoms. The lowest BCUT2D eigenvalue weighted by Gasteiger charge is -2.35. The van der Waals surface area contributed by atoms with Crippen LogP contribution >= 0.6 is 15.9 Å². The first-order valence-corrected chi connectivity index (χ1v) is 7.46. The first kappa shape index (κ1) is 12.5. The van der Waals surface area contributed by atoms with E-state index in [1.54, 1.807) is 0 Å². The van der Waals surface area contributed by atoms with E-state index in [1.165, 1.54) is 35.2 Å². The molecule has 2 aliphatic heterocycles. The van der Waals surface area contributed by atoms with Gasteiger partial charge in [0.05, 0.1) is 13.2 Å². The Bertz CT molecular complexity index is 414. The van der Waals surface area contributed by atoms with Crippen molar-refractivity contribution in [2.45, 2.75) is 13.0 Å². The van der Waals surface area contributed by atoms with Gasteiger partial charge in [-0.25, -0.2) is 0 Å². The fraction of sp³-hybridized carbons (Fsp3) is 0.571. The lowest BCUT2D eigenvalue weighted by atomic mass is 10.1. The Labute approximate surface area is 117 Å². The maximum absolute atomic E-state index is 5.44. The smallest absolute Gasteiger partial charge is 0.0642 e. The molecule has 2 saturated heterocycles. The fourth-order valence-corrected chi connectivity index (χ4v) is 2.98. The zero-order valence-electron chi connectivity index (χ0n) is 10.6. The zero-order valence-corrected chi connectivity index (χ0v) is 12.2. The number of nitrogens with zero attached hydrogens (tertiary/aromatic N) is 2. The third-order valence-corrected chi connectivity index (χ3v) is 4.23. The average molecular weight is 311 g/mol. The van der Waals surface area contributed by atoms with Crippen molar-refractivity contribution < 1.29 is 4.74 Å². The van der Waals surface area contributed by atoms with Gasteiger partial charge in [0.25, 0.3) is 0 Å². The van der Waals surface area contributed by atoms with Crippen molar-refractivity contribution in [2.75, 3.05) is 44.3 Å². The molecule has 2 heterocycles. The van der Waals surface area contributed by atoms with Crippen LogP contribution in [0.4, 0.5) is 5.69 Å². The molecule has 1 aromatic carbocycles. The van der Waals surface area contributed by atoms with E-state index in [1.807, 2.05) is 0 Å². The summed E-state index contributed by atoms with van der Waals surface area (Å²) in [7, 11) is 0. The van der Waals surface area contributed by atoms with E-state index in [0.717, 1.165) is 32.8 Å². The molecule has 3 rings (SSSR count). The number of hydrogen-bond donors (Lipinski definition) is 0. The Morgan fingerprint density at radius 1 is 1.11 bits per heavy atom. The van der Waals surface area contributed by atoms with Crippen LogP contribution in [0.3, 0.4) is 0 Å². The van der Waals surface area contributed by atoms with Gasteiger partial charge in [0.2, 0.25) is 0 Å². The first-order valence-electron chi connectivity index (χ1n) is 6.66. The van der Waals surface area contributed by atoms with E-state index in [4.69, 9.17) is 4.74 Å². The number of morpholine rings is 1. The van der Waals surface area contributed by atoms with E-state index in [-0.39, 0.29) is 0 Å². The van der Waals surface area contributed by atoms with Gasteiger partial charge in [-0.15, -0.1) is 0 Å². The van der Waals surface area contributed by atoms with E-state index < -0.39 is 0 Å². The van der Waals surface area contributed by atoms with Gasteiger partial charge < -0.3 is 9.64 Å². The molecule has 2 fully saturated rings. The molecule has 0 saturated carbocycles. The van der Waals surface area contributed by atoms with Gasteiger partial charge in [-0.3, -0.25) is 4.90 Å². The summed E-state index contributed by atoms with van der Waals surface area (Å²) in [5.41, 5.74) is 2.82. The predicted octanol–water partition coefficient (Wildman–Crippen LogP) is 2.49. The molecule has 4 heteroatoms. The lowest BCUT2D eigenvalue weighted by molar-refractivity contribution is 0.122. The molecule has 0 unspecified atom stereocenters. The van der Waals surface area contributed by atoms with Crippen molar-refractivity contribution in [1.82, 2.24) is 4.90 Å². The Kier molecular flexibility index (Phi) is 3.87. The summed E-state index contributed by atoms with van der Waals surface area (Å²) < 4.78 is 6.61. The van der Waals surface area contributed by atoms with Crippen molar-refractivity contribution >= 4 is 21.6 Å². The largest absolute Gasteiger partial charge is 0.378 e. The summed E-state index contributed by atoms with van der Waals surface area (Å²) in [6, 6.07) is 6.65. The monoisotopic (exact) mass is 310 g/mol. The van der Waals surface area contributed by atoms with Gasteiger partial charge in [-0.1, -0.05) is 15.9 Å².